The monoisotopic (exact) mass is 1510 g/mol. The molecule has 0 saturated heterocycles. The maximum absolute atomic E-state index is 17.7. The molecule has 4 unspecified atom stereocenters. The molecule has 4 atom stereocenters. The van der Waals surface area contributed by atoms with Crippen molar-refractivity contribution in [3.63, 3.8) is 0 Å². The molecule has 20 rings (SSSR count). The number of benzene rings is 16. The van der Waals surface area contributed by atoms with E-state index < -0.39 is 27.9 Å². The first-order chi connectivity index (χ1) is 56.7. The molecule has 4 aliphatic carbocycles. The van der Waals surface area contributed by atoms with E-state index >= 15 is 17.6 Å². The minimum atomic E-state index is -1.51. The molecule has 116 heavy (non-hydrogen) atoms. The summed E-state index contributed by atoms with van der Waals surface area (Å²) in [7, 11) is 0. The lowest BCUT2D eigenvalue weighted by atomic mass is 9.65. The first-order valence-corrected chi connectivity index (χ1v) is 39.3. The Labute approximate surface area is 673 Å². The fourth-order valence-electron chi connectivity index (χ4n) is 19.6. The lowest BCUT2D eigenvalue weighted by Crippen LogP contribution is -2.31. The second-order valence-corrected chi connectivity index (χ2v) is 30.9. The van der Waals surface area contributed by atoms with Crippen molar-refractivity contribution in [1.29, 1.82) is 0 Å². The molecular formula is C109H75F4NO2. The summed E-state index contributed by atoms with van der Waals surface area (Å²) in [6.45, 7) is 16.2. The smallest absolute Gasteiger partial charge is 0.130 e. The molecule has 0 radical (unpaired) electrons. The highest BCUT2D eigenvalue weighted by Gasteiger charge is 2.54. The van der Waals surface area contributed by atoms with E-state index in [0.29, 0.717) is 46.1 Å². The van der Waals surface area contributed by atoms with E-state index in [0.717, 1.165) is 151 Å². The second-order valence-electron chi connectivity index (χ2n) is 30.9. The van der Waals surface area contributed by atoms with Crippen LogP contribution in [0.3, 0.4) is 0 Å². The van der Waals surface area contributed by atoms with Gasteiger partial charge in [-0.2, -0.15) is 0 Å². The van der Waals surface area contributed by atoms with Gasteiger partial charge in [-0.05, 0) is 275 Å². The average molecular weight is 1510 g/mol. The van der Waals surface area contributed by atoms with Gasteiger partial charge in [-0.1, -0.05) is 274 Å². The maximum atomic E-state index is 17.7. The van der Waals surface area contributed by atoms with Crippen LogP contribution in [0.25, 0.3) is 62.2 Å². The second kappa shape index (κ2) is 27.9. The Bertz CT molecular complexity index is 6630. The highest BCUT2D eigenvalue weighted by atomic mass is 19.1. The molecular weight excluding hydrogens is 1430 g/mol. The van der Waals surface area contributed by atoms with Gasteiger partial charge in [0.05, 0.1) is 16.2 Å². The van der Waals surface area contributed by atoms with Crippen LogP contribution in [0.1, 0.15) is 119 Å². The van der Waals surface area contributed by atoms with Gasteiger partial charge >= 0.3 is 0 Å². The summed E-state index contributed by atoms with van der Waals surface area (Å²) < 4.78 is 81.3. The van der Waals surface area contributed by atoms with Crippen molar-refractivity contribution in [2.75, 3.05) is 4.90 Å². The number of halogens is 4. The Morgan fingerprint density at radius 2 is 0.716 bits per heavy atom. The Balaban J connectivity index is 0.749. The van der Waals surface area contributed by atoms with Gasteiger partial charge in [-0.3, -0.25) is 0 Å². The Hall–Kier alpha value is -14.1. The largest absolute Gasteiger partial charge is 0.457 e. The standard InChI is InChI=1S/C109H75F4NO2/c1-6-69-30-50-81(51-31-69)115-83-54-40-75(41-55-83)107(105-68(5)18-16-27-102(105)111)94-23-12-8-19-85(94)90-59-39-74(64-99(90)107)93(73-35-44-77(110)45-36-73)62-71-34-58-89-87-21-10-14-25-96(87)109(98(89)63-71)97-26-15-11-22-88(97)92-61-49-80(66-101(92)109)114(78-46-37-72(38-47-78)67(3)4)79-48-60-91-86-20-9-13-24-95(86)108(100(91)65-79,106-103(112)28-17-29-104(106)113)76-42-56-84(57-43-76)116-82-52-32-70(7-2)33-53-82/h6-61,63-66,93H,1-3,62H2,4-5H3. The van der Waals surface area contributed by atoms with Crippen LogP contribution in [0.2, 0.25) is 0 Å². The van der Waals surface area contributed by atoms with Gasteiger partial charge in [-0.15, -0.1) is 0 Å². The van der Waals surface area contributed by atoms with Gasteiger partial charge in [0.25, 0.3) is 0 Å². The van der Waals surface area contributed by atoms with Crippen LogP contribution in [0.15, 0.2) is 372 Å². The van der Waals surface area contributed by atoms with Gasteiger partial charge < -0.3 is 14.4 Å². The molecule has 0 N–H and O–H groups in total. The van der Waals surface area contributed by atoms with Gasteiger partial charge in [0, 0.05) is 34.1 Å². The first-order valence-electron chi connectivity index (χ1n) is 39.3. The van der Waals surface area contributed by atoms with E-state index in [1.54, 1.807) is 36.4 Å². The number of aryl methyl sites for hydroxylation is 1. The van der Waals surface area contributed by atoms with Crippen molar-refractivity contribution in [1.82, 2.24) is 0 Å². The van der Waals surface area contributed by atoms with Crippen LogP contribution < -0.4 is 14.4 Å². The highest BCUT2D eigenvalue weighted by molar-refractivity contribution is 5.98. The molecule has 0 bridgehead atoms. The molecule has 0 saturated carbocycles. The zero-order valence-corrected chi connectivity index (χ0v) is 63.8. The molecule has 7 heteroatoms. The van der Waals surface area contributed by atoms with Crippen LogP contribution in [0.4, 0.5) is 34.6 Å². The van der Waals surface area contributed by atoms with E-state index in [1.807, 2.05) is 147 Å². The normalized spacial score (nSPS) is 16.2. The third kappa shape index (κ3) is 11.0. The van der Waals surface area contributed by atoms with Gasteiger partial charge in [-0.25, -0.2) is 17.6 Å². The van der Waals surface area contributed by atoms with Crippen molar-refractivity contribution in [2.24, 2.45) is 0 Å². The predicted octanol–water partition coefficient (Wildman–Crippen LogP) is 28.4. The quantitative estimate of drug-likeness (QED) is 0.0799. The molecule has 0 aliphatic heterocycles. The molecule has 0 heterocycles. The van der Waals surface area contributed by atoms with Crippen LogP contribution in [0, 0.1) is 30.2 Å². The summed E-state index contributed by atoms with van der Waals surface area (Å²) in [6.07, 6.45) is 4.09. The maximum Gasteiger partial charge on any atom is 0.130 e. The number of hydrogen-bond donors (Lipinski definition) is 0. The predicted molar refractivity (Wildman–Crippen MR) is 463 cm³/mol. The zero-order valence-electron chi connectivity index (χ0n) is 63.8. The van der Waals surface area contributed by atoms with Gasteiger partial charge in [0.2, 0.25) is 0 Å². The summed E-state index contributed by atoms with van der Waals surface area (Å²) in [5, 5.41) is 0. The lowest BCUT2D eigenvalue weighted by Gasteiger charge is -2.36. The minimum Gasteiger partial charge on any atom is -0.457 e. The summed E-state index contributed by atoms with van der Waals surface area (Å²) in [6, 6.07) is 117. The summed E-state index contributed by atoms with van der Waals surface area (Å²) in [4.78, 5) is 2.27. The number of fused-ring (bicyclic) bond motifs is 16. The SMILES string of the molecule is C=Cc1ccc(Oc2ccc(C3(c4c(C)cccc4F)c4ccccc4-c4ccc(C(Cc5ccc6c(c5)C5(c7ccccc7-6)c6ccccc6-c6ccc(N(c7ccc(C(=C)C)cc7)c7ccc8c(c7)C(c7ccc(Oc9ccc(C=C)cc9)cc7)(c7c(F)cccc7F)c7ccccc7-8)cc65)c5ccc(F)cc5)cc43)cc2)cc1. The van der Waals surface area contributed by atoms with Crippen molar-refractivity contribution in [2.45, 2.75) is 42.4 Å². The van der Waals surface area contributed by atoms with Crippen molar-refractivity contribution >= 4 is 34.8 Å². The van der Waals surface area contributed by atoms with E-state index in [4.69, 9.17) is 9.47 Å². The third-order valence-electron chi connectivity index (χ3n) is 24.7. The molecule has 3 nitrogen and oxygen atoms in total. The topological polar surface area (TPSA) is 21.7 Å². The van der Waals surface area contributed by atoms with E-state index in [2.05, 4.69) is 201 Å². The summed E-state index contributed by atoms with van der Waals surface area (Å²) >= 11 is 0. The molecule has 0 amide bonds. The van der Waals surface area contributed by atoms with Crippen LogP contribution in [0.5, 0.6) is 23.0 Å². The van der Waals surface area contributed by atoms with Crippen molar-refractivity contribution < 1.29 is 27.0 Å². The molecule has 556 valence electrons. The van der Waals surface area contributed by atoms with Crippen molar-refractivity contribution in [3.05, 3.63) is 501 Å². The minimum absolute atomic E-state index is 0.0835. The van der Waals surface area contributed by atoms with Gasteiger partial charge in [0.1, 0.15) is 46.3 Å². The highest BCUT2D eigenvalue weighted by Crippen LogP contribution is 2.65. The van der Waals surface area contributed by atoms with Crippen LogP contribution in [-0.4, -0.2) is 0 Å². The van der Waals surface area contributed by atoms with Gasteiger partial charge in [0.15, 0.2) is 0 Å². The van der Waals surface area contributed by atoms with Crippen LogP contribution in [-0.2, 0) is 22.7 Å². The van der Waals surface area contributed by atoms with E-state index in [9.17, 15) is 0 Å². The number of ether oxygens (including phenoxy) is 2. The molecule has 1 spiro atoms. The zero-order chi connectivity index (χ0) is 78.7. The fourth-order valence-corrected chi connectivity index (χ4v) is 19.6. The molecule has 16 aromatic rings. The fraction of sp³-hybridized carbons (Fsp3) is 0.0642. The molecule has 0 fully saturated rings. The number of allylic oxidation sites excluding steroid dienone is 1. The number of hydrogen-bond acceptors (Lipinski definition) is 3. The van der Waals surface area contributed by atoms with E-state index in [1.165, 1.54) is 18.2 Å². The van der Waals surface area contributed by atoms with E-state index in [-0.39, 0.29) is 23.1 Å². The lowest BCUT2D eigenvalue weighted by molar-refractivity contribution is 0.481. The number of nitrogens with zero attached hydrogens (tertiary/aromatic N) is 1. The Morgan fingerprint density at radius 1 is 0.345 bits per heavy atom. The molecule has 0 aromatic heterocycles. The van der Waals surface area contributed by atoms with Crippen LogP contribution >= 0.6 is 0 Å². The summed E-state index contributed by atoms with van der Waals surface area (Å²) in [5.74, 6) is 0.178. The summed E-state index contributed by atoms with van der Waals surface area (Å²) in [5.41, 5.74) is 24.7. The number of rotatable bonds is 18. The Kier molecular flexibility index (Phi) is 17.1. The third-order valence-corrected chi connectivity index (χ3v) is 24.7. The molecule has 16 aromatic carbocycles. The average Bonchev–Trinajstić information content (AvgIpc) is 1.55. The molecule has 4 aliphatic rings. The Morgan fingerprint density at radius 3 is 1.18 bits per heavy atom. The first kappa shape index (κ1) is 70.9. The van der Waals surface area contributed by atoms with Crippen molar-refractivity contribution in [3.8, 4) is 67.5 Å². The number of anilines is 3.